The molecule has 9 heteroatoms. The van der Waals surface area contributed by atoms with Crippen molar-refractivity contribution in [3.63, 3.8) is 0 Å². The van der Waals surface area contributed by atoms with Crippen LogP contribution in [0.2, 0.25) is 0 Å². The maximum atomic E-state index is 12.8. The van der Waals surface area contributed by atoms with Crippen LogP contribution in [0.25, 0.3) is 0 Å². The normalized spacial score (nSPS) is 13.8. The maximum Gasteiger partial charge on any atom is 0.416 e. The van der Waals surface area contributed by atoms with Crippen molar-refractivity contribution in [2.24, 2.45) is 0 Å². The first-order chi connectivity index (χ1) is 14.3. The van der Waals surface area contributed by atoms with E-state index in [2.05, 4.69) is 10.4 Å². The van der Waals surface area contributed by atoms with E-state index in [1.807, 2.05) is 0 Å². The number of halogens is 3. The van der Waals surface area contributed by atoms with Crippen molar-refractivity contribution in [3.05, 3.63) is 77.5 Å². The number of fused-ring (bicyclic) bond motifs is 1. The van der Waals surface area contributed by atoms with Gasteiger partial charge in [0.15, 0.2) is 0 Å². The van der Waals surface area contributed by atoms with E-state index in [4.69, 9.17) is 0 Å². The predicted molar refractivity (Wildman–Crippen MR) is 104 cm³/mol. The van der Waals surface area contributed by atoms with Crippen molar-refractivity contribution >= 4 is 23.3 Å². The van der Waals surface area contributed by atoms with E-state index in [0.717, 1.165) is 23.5 Å². The van der Waals surface area contributed by atoms with E-state index < -0.39 is 17.6 Å². The minimum absolute atomic E-state index is 0.00522. The van der Waals surface area contributed by atoms with Gasteiger partial charge in [-0.15, -0.1) is 0 Å². The molecule has 1 aliphatic rings. The molecule has 0 saturated carbocycles. The molecule has 0 atom stereocenters. The van der Waals surface area contributed by atoms with Crippen LogP contribution < -0.4 is 10.2 Å². The Balaban J connectivity index is 1.45. The largest absolute Gasteiger partial charge is 0.416 e. The number of aryl methyl sites for hydroxylation is 1. The summed E-state index contributed by atoms with van der Waals surface area (Å²) in [5, 5.41) is 6.65. The Bertz CT molecular complexity index is 1090. The molecule has 0 aliphatic carbocycles. The van der Waals surface area contributed by atoms with Gasteiger partial charge in [0.2, 0.25) is 5.91 Å². The molecule has 6 nitrogen and oxygen atoms in total. The highest BCUT2D eigenvalue weighted by atomic mass is 19.4. The molecule has 0 unspecified atom stereocenters. The minimum atomic E-state index is -4.48. The Morgan fingerprint density at radius 2 is 1.87 bits per heavy atom. The van der Waals surface area contributed by atoms with Crippen LogP contribution in [0.3, 0.4) is 0 Å². The third-order valence-corrected chi connectivity index (χ3v) is 4.81. The van der Waals surface area contributed by atoms with E-state index in [-0.39, 0.29) is 11.6 Å². The molecule has 0 saturated heterocycles. The zero-order chi connectivity index (χ0) is 21.3. The number of aromatic nitrogens is 2. The molecule has 30 heavy (non-hydrogen) atoms. The second-order valence-electron chi connectivity index (χ2n) is 6.87. The zero-order valence-electron chi connectivity index (χ0n) is 15.7. The number of rotatable bonds is 4. The van der Waals surface area contributed by atoms with Crippen molar-refractivity contribution in [1.82, 2.24) is 9.78 Å². The topological polar surface area (TPSA) is 67.2 Å². The second-order valence-corrected chi connectivity index (χ2v) is 6.87. The van der Waals surface area contributed by atoms with Crippen LogP contribution >= 0.6 is 0 Å². The highest BCUT2D eigenvalue weighted by Crippen LogP contribution is 2.30. The molecule has 0 spiro atoms. The molecule has 154 valence electrons. The van der Waals surface area contributed by atoms with Gasteiger partial charge in [-0.3, -0.25) is 14.5 Å². The minimum Gasteiger partial charge on any atom is -0.322 e. The average Bonchev–Trinajstić information content (AvgIpc) is 3.19. The van der Waals surface area contributed by atoms with Gasteiger partial charge in [0, 0.05) is 23.7 Å². The molecule has 3 aromatic rings. The molecule has 1 N–H and O–H groups in total. The van der Waals surface area contributed by atoms with E-state index in [1.165, 1.54) is 12.1 Å². The fourth-order valence-electron chi connectivity index (χ4n) is 3.28. The van der Waals surface area contributed by atoms with Crippen LogP contribution in [0.1, 0.15) is 27.9 Å². The van der Waals surface area contributed by atoms with Crippen LogP contribution in [0.4, 0.5) is 24.7 Å². The number of anilines is 2. The molecular formula is C21H17F3N4O2. The summed E-state index contributed by atoms with van der Waals surface area (Å²) in [5.74, 6) is 0.194. The third-order valence-electron chi connectivity index (χ3n) is 4.81. The van der Waals surface area contributed by atoms with Gasteiger partial charge in [0.1, 0.15) is 5.82 Å². The second kappa shape index (κ2) is 7.66. The van der Waals surface area contributed by atoms with E-state index >= 15 is 0 Å². The predicted octanol–water partition coefficient (Wildman–Crippen LogP) is 4.09. The van der Waals surface area contributed by atoms with Crippen molar-refractivity contribution < 1.29 is 22.8 Å². The Hall–Kier alpha value is -3.62. The van der Waals surface area contributed by atoms with Crippen molar-refractivity contribution in [2.75, 3.05) is 10.2 Å². The van der Waals surface area contributed by atoms with Crippen LogP contribution in [0.15, 0.2) is 60.8 Å². The lowest BCUT2D eigenvalue weighted by atomic mass is 10.1. The van der Waals surface area contributed by atoms with E-state index in [0.29, 0.717) is 25.1 Å². The lowest BCUT2D eigenvalue weighted by Crippen LogP contribution is -2.36. The van der Waals surface area contributed by atoms with Crippen molar-refractivity contribution in [1.29, 1.82) is 0 Å². The summed E-state index contributed by atoms with van der Waals surface area (Å²) >= 11 is 0. The Morgan fingerprint density at radius 1 is 1.10 bits per heavy atom. The summed E-state index contributed by atoms with van der Waals surface area (Å²) in [6.45, 7) is 0.881. The summed E-state index contributed by atoms with van der Waals surface area (Å²) in [6.07, 6.45) is -2.47. The molecule has 2 heterocycles. The maximum absolute atomic E-state index is 12.8. The first-order valence-corrected chi connectivity index (χ1v) is 9.21. The monoisotopic (exact) mass is 414 g/mol. The van der Waals surface area contributed by atoms with Crippen LogP contribution in [0.5, 0.6) is 0 Å². The lowest BCUT2D eigenvalue weighted by molar-refractivity contribution is -0.137. The number of hydrogen-bond acceptors (Lipinski definition) is 3. The molecule has 0 bridgehead atoms. The highest BCUT2D eigenvalue weighted by molar-refractivity contribution is 6.04. The van der Waals surface area contributed by atoms with Gasteiger partial charge in [0.25, 0.3) is 5.91 Å². The van der Waals surface area contributed by atoms with Gasteiger partial charge >= 0.3 is 6.18 Å². The molecule has 2 amide bonds. The Kier molecular flexibility index (Phi) is 5.03. The summed E-state index contributed by atoms with van der Waals surface area (Å²) < 4.78 is 40.2. The number of carbonyl (C=O) groups is 2. The summed E-state index contributed by atoms with van der Waals surface area (Å²) in [4.78, 5) is 26.3. The SMILES string of the molecule is O=C(Nc1cccc(C(F)(F)F)c1)c1ccc(CN2C(=O)CCn3nccc32)cc1. The zero-order valence-corrected chi connectivity index (χ0v) is 15.7. The van der Waals surface area contributed by atoms with Gasteiger partial charge < -0.3 is 5.32 Å². The smallest absolute Gasteiger partial charge is 0.322 e. The van der Waals surface area contributed by atoms with Gasteiger partial charge in [-0.05, 0) is 35.9 Å². The fraction of sp³-hybridized carbons (Fsp3) is 0.190. The van der Waals surface area contributed by atoms with Crippen LogP contribution in [-0.4, -0.2) is 21.6 Å². The number of carbonyl (C=O) groups excluding carboxylic acids is 2. The van der Waals surface area contributed by atoms with E-state index in [1.54, 1.807) is 46.1 Å². The van der Waals surface area contributed by atoms with E-state index in [9.17, 15) is 22.8 Å². The summed E-state index contributed by atoms with van der Waals surface area (Å²) in [6, 6.07) is 12.8. The first-order valence-electron chi connectivity index (χ1n) is 9.21. The van der Waals surface area contributed by atoms with Crippen LogP contribution in [0, 0.1) is 0 Å². The van der Waals surface area contributed by atoms with Crippen molar-refractivity contribution in [3.8, 4) is 0 Å². The molecular weight excluding hydrogens is 397 g/mol. The van der Waals surface area contributed by atoms with Gasteiger partial charge in [-0.2, -0.15) is 18.3 Å². The lowest BCUT2D eigenvalue weighted by Gasteiger charge is -2.27. The van der Waals surface area contributed by atoms with Gasteiger partial charge in [-0.25, -0.2) is 4.68 Å². The highest BCUT2D eigenvalue weighted by Gasteiger charge is 2.30. The molecule has 1 aromatic heterocycles. The number of nitrogens with zero attached hydrogens (tertiary/aromatic N) is 3. The van der Waals surface area contributed by atoms with Gasteiger partial charge in [-0.1, -0.05) is 18.2 Å². The standard InChI is InChI=1S/C21H17F3N4O2/c22-21(23,24)16-2-1-3-17(12-16)26-20(30)15-6-4-14(5-7-15)13-27-18-8-10-25-28(18)11-9-19(27)29/h1-8,10,12H,9,11,13H2,(H,26,30). The quantitative estimate of drug-likeness (QED) is 0.699. The first kappa shape index (κ1) is 19.7. The number of amides is 2. The molecule has 4 rings (SSSR count). The molecule has 2 aromatic carbocycles. The van der Waals surface area contributed by atoms with Gasteiger partial charge in [0.05, 0.1) is 24.8 Å². The third kappa shape index (κ3) is 4.05. The van der Waals surface area contributed by atoms with Crippen molar-refractivity contribution in [2.45, 2.75) is 25.7 Å². The number of benzene rings is 2. The Labute approximate surface area is 169 Å². The number of nitrogens with one attached hydrogen (secondary N) is 1. The molecule has 0 radical (unpaired) electrons. The summed E-state index contributed by atoms with van der Waals surface area (Å²) in [7, 11) is 0. The molecule has 0 fully saturated rings. The Morgan fingerprint density at radius 3 is 2.60 bits per heavy atom. The fourth-order valence-corrected chi connectivity index (χ4v) is 3.28. The number of hydrogen-bond donors (Lipinski definition) is 1. The summed E-state index contributed by atoms with van der Waals surface area (Å²) in [5.41, 5.74) is 0.340. The molecule has 1 aliphatic heterocycles. The number of alkyl halides is 3. The average molecular weight is 414 g/mol. The van der Waals surface area contributed by atoms with Crippen LogP contribution in [-0.2, 0) is 24.1 Å².